The number of aromatic amines is 2. The lowest BCUT2D eigenvalue weighted by Crippen LogP contribution is -2.13. The van der Waals surface area contributed by atoms with Crippen molar-refractivity contribution >= 4 is 44.4 Å². The summed E-state index contributed by atoms with van der Waals surface area (Å²) in [6.07, 6.45) is 3.27. The third-order valence-corrected chi connectivity index (χ3v) is 14.8. The molecule has 11 heterocycles. The normalized spacial score (nSPS) is 14.8. The minimum absolute atomic E-state index is 0.370. The van der Waals surface area contributed by atoms with E-state index in [0.717, 1.165) is 138 Å². The van der Waals surface area contributed by atoms with E-state index in [4.69, 9.17) is 38.4 Å². The summed E-state index contributed by atoms with van der Waals surface area (Å²) in [6, 6.07) is 37.5. The van der Waals surface area contributed by atoms with Gasteiger partial charge in [-0.2, -0.15) is 0 Å². The SMILES string of the molecule is CCC1=C(C)c2nc1cc1[nH]c(c(C)c1CC)c1c3nc(cc4[nH]c(c(C)c4CC)c2-c2ccccc2OCc2ccc(cc2)OCCOCCOCCOc2ccc(cc2)COc2ccccc2-1)C(CC)=C3C. The maximum Gasteiger partial charge on any atom is 0.127 e. The number of para-hydroxylation sites is 2. The number of rotatable bonds is 4. The van der Waals surface area contributed by atoms with Gasteiger partial charge in [-0.3, -0.25) is 0 Å². The number of aryl methyl sites for hydroxylation is 4. The Morgan fingerprint density at radius 2 is 0.838 bits per heavy atom. The first-order valence-corrected chi connectivity index (χ1v) is 26.4. The van der Waals surface area contributed by atoms with Crippen LogP contribution in [0.15, 0.2) is 109 Å². The highest BCUT2D eigenvalue weighted by Gasteiger charge is 2.27. The number of hydrogen-bond donors (Lipinski definition) is 2. The van der Waals surface area contributed by atoms with Gasteiger partial charge >= 0.3 is 0 Å². The molecule has 0 saturated heterocycles. The van der Waals surface area contributed by atoms with Crippen LogP contribution in [0.5, 0.6) is 23.0 Å². The van der Waals surface area contributed by atoms with Gasteiger partial charge in [0.2, 0.25) is 0 Å². The fraction of sp³-hybridized carbons (Fsp3) is 0.312. The fourth-order valence-electron chi connectivity index (χ4n) is 10.9. The minimum atomic E-state index is 0.370. The number of hydrogen-bond acceptors (Lipinski definition) is 8. The molecule has 0 radical (unpaired) electrons. The Bertz CT molecular complexity index is 3210. The predicted molar refractivity (Wildman–Crippen MR) is 300 cm³/mol. The van der Waals surface area contributed by atoms with E-state index < -0.39 is 0 Å². The van der Waals surface area contributed by atoms with E-state index in [9.17, 15) is 0 Å². The van der Waals surface area contributed by atoms with Crippen LogP contribution in [-0.2, 0) is 35.5 Å². The number of nitrogens with one attached hydrogen (secondary N) is 2. The van der Waals surface area contributed by atoms with Gasteiger partial charge in [0.05, 0.1) is 60.2 Å². The molecular formula is C64H68N4O6. The largest absolute Gasteiger partial charge is 0.491 e. The molecule has 0 saturated carbocycles. The summed E-state index contributed by atoms with van der Waals surface area (Å²) in [5, 5.41) is 0. The third-order valence-electron chi connectivity index (χ3n) is 14.8. The van der Waals surface area contributed by atoms with Crippen molar-refractivity contribution in [1.29, 1.82) is 0 Å². The maximum absolute atomic E-state index is 6.84. The summed E-state index contributed by atoms with van der Waals surface area (Å²) >= 11 is 0. The number of benzene rings is 4. The van der Waals surface area contributed by atoms with E-state index in [1.54, 1.807) is 0 Å². The number of aromatic nitrogens is 4. The van der Waals surface area contributed by atoms with Crippen molar-refractivity contribution in [2.45, 2.75) is 94.3 Å². The molecule has 15 rings (SSSR count). The van der Waals surface area contributed by atoms with Crippen molar-refractivity contribution in [3.8, 4) is 45.3 Å². The summed E-state index contributed by atoms with van der Waals surface area (Å²) < 4.78 is 37.3. The van der Waals surface area contributed by atoms with Gasteiger partial charge in [-0.1, -0.05) is 88.4 Å². The van der Waals surface area contributed by atoms with Crippen molar-refractivity contribution in [2.24, 2.45) is 0 Å². The van der Waals surface area contributed by atoms with Gasteiger partial charge in [-0.05, 0) is 158 Å². The highest BCUT2D eigenvalue weighted by atomic mass is 16.6. The topological polar surface area (TPSA) is 113 Å². The molecule has 74 heavy (non-hydrogen) atoms. The molecule has 0 atom stereocenters. The van der Waals surface area contributed by atoms with Gasteiger partial charge < -0.3 is 38.4 Å². The molecule has 4 aromatic carbocycles. The van der Waals surface area contributed by atoms with Gasteiger partial charge in [0.1, 0.15) is 49.4 Å². The second-order valence-corrected chi connectivity index (χ2v) is 19.2. The molecular weight excluding hydrogens is 921 g/mol. The second-order valence-electron chi connectivity index (χ2n) is 19.2. The molecule has 14 bridgehead atoms. The summed E-state index contributed by atoms with van der Waals surface area (Å²) in [5.74, 6) is 3.09. The maximum atomic E-state index is 6.84. The van der Waals surface area contributed by atoms with Crippen LogP contribution in [-0.4, -0.2) is 59.6 Å². The lowest BCUT2D eigenvalue weighted by Gasteiger charge is -2.15. The number of allylic oxidation sites excluding steroid dienone is 4. The molecule has 0 amide bonds. The molecule has 0 aliphatic carbocycles. The Hall–Kier alpha value is -7.40. The summed E-state index contributed by atoms with van der Waals surface area (Å²) in [5.41, 5.74) is 23.4. The van der Waals surface area contributed by atoms with Gasteiger partial charge in [-0.25, -0.2) is 9.97 Å². The first-order chi connectivity index (χ1) is 36.2. The average Bonchev–Trinajstić information content (AvgIpc) is 4.11. The van der Waals surface area contributed by atoms with Gasteiger partial charge in [0, 0.05) is 33.3 Å². The Labute approximate surface area is 435 Å². The predicted octanol–water partition coefficient (Wildman–Crippen LogP) is 15.0. The number of H-pyrrole nitrogens is 2. The molecule has 3 aromatic heterocycles. The summed E-state index contributed by atoms with van der Waals surface area (Å²) in [7, 11) is 0. The Kier molecular flexibility index (Phi) is 15.2. The van der Waals surface area contributed by atoms with Crippen molar-refractivity contribution in [2.75, 3.05) is 39.6 Å². The summed E-state index contributed by atoms with van der Waals surface area (Å²) in [6.45, 7) is 21.3. The first-order valence-electron chi connectivity index (χ1n) is 26.4. The first kappa shape index (κ1) is 50.1. The van der Waals surface area contributed by atoms with E-state index in [2.05, 4.69) is 138 Å². The molecule has 0 spiro atoms. The van der Waals surface area contributed by atoms with Crippen LogP contribution < -0.4 is 18.9 Å². The third kappa shape index (κ3) is 10.0. The lowest BCUT2D eigenvalue weighted by atomic mass is 9.94. The monoisotopic (exact) mass is 989 g/mol. The molecule has 8 aliphatic rings. The van der Waals surface area contributed by atoms with E-state index >= 15 is 0 Å². The van der Waals surface area contributed by atoms with Crippen molar-refractivity contribution in [3.05, 3.63) is 165 Å². The van der Waals surface area contributed by atoms with Gasteiger partial charge in [0.15, 0.2) is 0 Å². The zero-order valence-electron chi connectivity index (χ0n) is 44.2. The number of nitrogens with zero attached hydrogens (tertiary/aromatic N) is 2. The van der Waals surface area contributed by atoms with Crippen molar-refractivity contribution in [1.82, 2.24) is 19.9 Å². The van der Waals surface area contributed by atoms with Gasteiger partial charge in [0.25, 0.3) is 0 Å². The standard InChI is InChI=1S/C64H68N4O6/c1-9-47-39(5)61-59-51-17-13-15-19-57(51)73-37-43-21-25-45(26-22-43)71-33-31-69-29-30-70-32-34-72-46-27-23-44(24-28-46)38-74-58-20-16-14-18-52(58)60(63-40(6)48(10-2)54(66-63)35-53(47)65-61)64-42(8)50(12-4)56(68-64)36-55-49(11-3)41(7)62(59)67-55/h13-28,35-36,65,68H,9-12,29-34,37-38H2,1-8H3. The van der Waals surface area contributed by atoms with E-state index in [-0.39, 0.29) is 0 Å². The molecule has 380 valence electrons. The molecule has 0 fully saturated rings. The van der Waals surface area contributed by atoms with Crippen LogP contribution in [0.2, 0.25) is 0 Å². The van der Waals surface area contributed by atoms with Crippen LogP contribution in [0.25, 0.3) is 66.6 Å². The summed E-state index contributed by atoms with van der Waals surface area (Å²) in [4.78, 5) is 19.4. The second kappa shape index (κ2) is 22.4. The quantitative estimate of drug-likeness (QED) is 0.179. The molecule has 0 unspecified atom stereocenters. The molecule has 7 aromatic rings. The highest BCUT2D eigenvalue weighted by molar-refractivity contribution is 6.04. The molecule has 8 aliphatic heterocycles. The average molecular weight is 989 g/mol. The fourth-order valence-corrected chi connectivity index (χ4v) is 10.9. The molecule has 10 nitrogen and oxygen atoms in total. The van der Waals surface area contributed by atoms with Crippen LogP contribution in [0.1, 0.15) is 111 Å². The Morgan fingerprint density at radius 3 is 1.23 bits per heavy atom. The van der Waals surface area contributed by atoms with Crippen LogP contribution in [0.4, 0.5) is 0 Å². The lowest BCUT2D eigenvalue weighted by molar-refractivity contribution is 0.0273. The molecule has 2 N–H and O–H groups in total. The smallest absolute Gasteiger partial charge is 0.127 e. The van der Waals surface area contributed by atoms with Crippen LogP contribution in [0, 0.1) is 13.8 Å². The number of ether oxygens (including phenoxy) is 6. The zero-order chi connectivity index (χ0) is 51.3. The van der Waals surface area contributed by atoms with Crippen LogP contribution >= 0.6 is 0 Å². The minimum Gasteiger partial charge on any atom is -0.491 e. The van der Waals surface area contributed by atoms with Crippen molar-refractivity contribution < 1.29 is 28.4 Å². The van der Waals surface area contributed by atoms with Crippen LogP contribution in [0.3, 0.4) is 0 Å². The zero-order valence-corrected chi connectivity index (χ0v) is 44.2. The van der Waals surface area contributed by atoms with Crippen molar-refractivity contribution in [3.63, 3.8) is 0 Å². The Morgan fingerprint density at radius 1 is 0.446 bits per heavy atom. The highest BCUT2D eigenvalue weighted by Crippen LogP contribution is 2.46. The van der Waals surface area contributed by atoms with E-state index in [0.29, 0.717) is 52.9 Å². The molecule has 10 heteroatoms. The Balaban J connectivity index is 1.23. The van der Waals surface area contributed by atoms with E-state index in [1.807, 2.05) is 36.4 Å². The van der Waals surface area contributed by atoms with E-state index in [1.165, 1.54) is 33.4 Å². The van der Waals surface area contributed by atoms with Gasteiger partial charge in [-0.15, -0.1) is 0 Å².